The second kappa shape index (κ2) is 0. The second-order valence-corrected chi connectivity index (χ2v) is 0. The van der Waals surface area contributed by atoms with Crippen molar-refractivity contribution < 1.29 is 7.02 Å². The molecule has 0 aromatic carbocycles. The van der Waals surface area contributed by atoms with Gasteiger partial charge in [-0.1, -0.05) is 37.1 Å². The van der Waals surface area contributed by atoms with Crippen LogP contribution in [-0.2, 0) is 0 Å². The fourth-order valence-electron chi connectivity index (χ4n) is 0. The summed E-state index contributed by atoms with van der Waals surface area (Å²) in [5, 5.41) is 0. The van der Waals surface area contributed by atoms with Crippen molar-refractivity contribution in [2.75, 3.05) is 0 Å². The molecule has 0 rings (SSSR count). The van der Waals surface area contributed by atoms with Crippen LogP contribution < -0.4 is 0 Å². The van der Waals surface area contributed by atoms with Crippen molar-refractivity contribution >= 4 is 0 Å². The van der Waals surface area contributed by atoms with Gasteiger partial charge in [-0.25, -0.2) is 0 Å². The van der Waals surface area contributed by atoms with E-state index < -0.39 is 0 Å². The smallest absolute Gasteiger partial charge is 0.0194 e. The Morgan fingerprint density at radius 2 is 0.800 bits per heavy atom. The monoisotopic (exact) mass is 96.2 g/mol. The highest BCUT2D eigenvalue weighted by Crippen LogP contribution is 0.148. The van der Waals surface area contributed by atoms with E-state index in [1.165, 1.54) is 14.8 Å². The fourth-order valence-corrected chi connectivity index (χ4v) is 0. The van der Waals surface area contributed by atoms with Gasteiger partial charge in [0, 0.05) is 7.02 Å². The molecule has 0 saturated carbocycles. The Kier molecular flexibility index (Phi) is 0. The molecule has 5 heavy (non-hydrogen) atoms. The standard InChI is InChI=1S/5CH4.3H2/h5*1H4;3*1H/i2*1T;;;;3*1+2. The van der Waals surface area contributed by atoms with Crippen LogP contribution in [-0.4, -0.2) is 0 Å². The summed E-state index contributed by atoms with van der Waals surface area (Å²) in [5.41, 5.74) is 0. The Hall–Kier alpha value is 0. The third-order valence-electron chi connectivity index (χ3n) is 0. The minimum absolute atomic E-state index is 0. The van der Waals surface area contributed by atoms with Gasteiger partial charge < -0.3 is 0 Å². The Bertz CT molecular complexity index is 10.0. The molecule has 0 atom stereocenters. The lowest BCUT2D eigenvalue weighted by Crippen LogP contribution is 0.143. The van der Waals surface area contributed by atoms with Crippen molar-refractivity contribution in [1.29, 1.82) is 0 Å². The molecule has 0 aromatic rings. The molecule has 0 N–H and O–H groups in total. The van der Waals surface area contributed by atoms with E-state index in [-0.39, 0.29) is 26.6 Å². The molecular weight excluding hydrogens is 60.1 g/mol. The molecule has 0 bridgehead atoms. The zero-order chi connectivity index (χ0) is 4.00. The summed E-state index contributed by atoms with van der Waals surface area (Å²) in [4.78, 5) is 0. The molecule has 0 aliphatic heterocycles. The lowest BCUT2D eigenvalue weighted by atomic mass is 12.0. The van der Waals surface area contributed by atoms with Gasteiger partial charge in [-0.15, -0.1) is 0 Å². The SMILES string of the molecule is C.C.C.[3HH].[3HH].[3HH].[3H]C.[3H]C. The van der Waals surface area contributed by atoms with E-state index in [9.17, 15) is 0 Å². The molecule has 0 aromatic heterocycles. The first-order valence-corrected chi connectivity index (χ1v) is 0. The van der Waals surface area contributed by atoms with Crippen LogP contribution in [0.15, 0.2) is 0 Å². The highest BCUT2D eigenvalue weighted by atomic mass is 12.0. The van der Waals surface area contributed by atoms with Crippen LogP contribution in [0.5, 0.6) is 0 Å². The molecule has 0 aliphatic rings. The van der Waals surface area contributed by atoms with Gasteiger partial charge >= 0.3 is 0 Å². The number of rotatable bonds is 0. The molecule has 0 spiro atoms. The predicted molar refractivity (Wildman–Crippen MR) is 40.0 cm³/mol. The van der Waals surface area contributed by atoms with E-state index in [2.05, 4.69) is 0 Å². The Morgan fingerprint density at radius 1 is 0.800 bits per heavy atom. The third-order valence-corrected chi connectivity index (χ3v) is 0. The van der Waals surface area contributed by atoms with E-state index in [1.54, 1.807) is 0 Å². The first-order chi connectivity index (χ1) is 2.00. The second-order valence-electron chi connectivity index (χ2n) is 0. The number of hydrogen-bond acceptors (Lipinski definition) is 0. The Balaban J connectivity index is -0.000000000833. The normalized spacial score (nSPS) is 2.80. The van der Waals surface area contributed by atoms with Crippen LogP contribution in [0.4, 0.5) is 0 Å². The van der Waals surface area contributed by atoms with Gasteiger partial charge in [-0.05, 0) is 0 Å². The fraction of sp³-hybridized carbons (Fsp3) is 1.00. The highest BCUT2D eigenvalue weighted by molar-refractivity contribution is 2.51. The molecule has 0 unspecified atom stereocenters. The van der Waals surface area contributed by atoms with Gasteiger partial charge in [0.25, 0.3) is 0 Å². The zero-order valence-corrected chi connectivity index (χ0v) is 2.00. The van der Waals surface area contributed by atoms with Gasteiger partial charge in [0.15, 0.2) is 0 Å². The summed E-state index contributed by atoms with van der Waals surface area (Å²) in [6.07, 6.45) is 0. The van der Waals surface area contributed by atoms with Crippen LogP contribution >= 0.6 is 0 Å². The lowest BCUT2D eigenvalue weighted by molar-refractivity contribution is 2.50. The van der Waals surface area contributed by atoms with Crippen LogP contribution in [0.2, 0.25) is 0 Å². The summed E-state index contributed by atoms with van der Waals surface area (Å²) in [5.74, 6) is 0. The molecule has 0 heterocycles. The summed E-state index contributed by atoms with van der Waals surface area (Å²) >= 11 is 0. The minimum Gasteiger partial charge on any atom is -0.0776 e. The van der Waals surface area contributed by atoms with Crippen LogP contribution in [0, 0.1) is 0 Å². The van der Waals surface area contributed by atoms with Crippen LogP contribution in [0.3, 0.4) is 0 Å². The topological polar surface area (TPSA) is 0 Å². The van der Waals surface area contributed by atoms with E-state index in [4.69, 9.17) is 2.74 Å². The van der Waals surface area contributed by atoms with Crippen molar-refractivity contribution in [3.8, 4) is 0 Å². The Labute approximate surface area is 45.5 Å². The maximum Gasteiger partial charge on any atom is 0.0194 e. The van der Waals surface area contributed by atoms with Gasteiger partial charge in [0.05, 0.1) is 0 Å². The molecule has 46 valence electrons. The molecule has 0 aliphatic carbocycles. The van der Waals surface area contributed by atoms with E-state index in [0.717, 1.165) is 0 Å². The quantitative estimate of drug-likeness (QED) is 0.429. The molecule has 0 amide bonds. The van der Waals surface area contributed by atoms with Crippen molar-refractivity contribution in [1.82, 2.24) is 0 Å². The van der Waals surface area contributed by atoms with Crippen molar-refractivity contribution in [2.45, 2.75) is 37.1 Å². The summed E-state index contributed by atoms with van der Waals surface area (Å²) in [7, 11) is 2.50. The lowest BCUT2D eigenvalue weighted by Gasteiger charge is -0.0786. The van der Waals surface area contributed by atoms with Crippen LogP contribution in [0.1, 0.15) is 44.1 Å². The minimum atomic E-state index is 0. The van der Waals surface area contributed by atoms with Gasteiger partial charge in [0.2, 0.25) is 0 Å². The first-order valence-electron chi connectivity index (χ1n) is 2.00. The summed E-state index contributed by atoms with van der Waals surface area (Å²) in [6, 6.07) is 0. The number of hydrogen-bond donors (Lipinski definition) is 0. The van der Waals surface area contributed by atoms with Gasteiger partial charge in [-0.2, -0.15) is 0 Å². The maximum atomic E-state index is 5.75. The average molecular weight is 96.3 g/mol. The van der Waals surface area contributed by atoms with E-state index in [0.29, 0.717) is 0 Å². The van der Waals surface area contributed by atoms with E-state index >= 15 is 0 Å². The summed E-state index contributed by atoms with van der Waals surface area (Å²) < 4.78 is 11.5. The predicted octanol–water partition coefficient (Wildman–Crippen LogP) is 3.92. The van der Waals surface area contributed by atoms with Gasteiger partial charge in [-0.3, -0.25) is 0 Å². The summed E-state index contributed by atoms with van der Waals surface area (Å²) in [6.45, 7) is 0. The Morgan fingerprint density at radius 3 is 0.800 bits per heavy atom. The first kappa shape index (κ1) is 20.0. The van der Waals surface area contributed by atoms with Crippen molar-refractivity contribution in [3.05, 3.63) is 0 Å². The molecule has 0 saturated heterocycles. The molecule has 0 nitrogen and oxygen atoms in total. The van der Waals surface area contributed by atoms with Gasteiger partial charge in [0.1, 0.15) is 0 Å². The third kappa shape index (κ3) is 0. The largest absolute Gasteiger partial charge is 0.0776 e. The van der Waals surface area contributed by atoms with Crippen LogP contribution in [0.25, 0.3) is 0 Å². The van der Waals surface area contributed by atoms with E-state index in [1.807, 2.05) is 0 Å². The molecule has 0 heteroatoms. The average Bonchev–Trinajstić information content (AvgIpc) is 1.50. The zero-order valence-electron chi connectivity index (χ0n) is 4.00. The highest BCUT2D eigenvalue weighted by Gasteiger charge is -0.0736. The molecular formula is C5H26. The molecule has 0 radical (unpaired) electrons. The van der Waals surface area contributed by atoms with Crippen molar-refractivity contribution in [3.63, 3.8) is 0 Å². The molecule has 0 fully saturated rings. The maximum absolute atomic E-state index is 5.75. The van der Waals surface area contributed by atoms with Crippen molar-refractivity contribution in [2.24, 2.45) is 0 Å².